The number of nitrogens with one attached hydrogen (secondary N) is 3. The van der Waals surface area contributed by atoms with Gasteiger partial charge in [0.05, 0.1) is 12.2 Å². The van der Waals surface area contributed by atoms with Crippen LogP contribution >= 0.6 is 11.3 Å². The summed E-state index contributed by atoms with van der Waals surface area (Å²) in [6.45, 7) is 2.32. The molecule has 0 radical (unpaired) electrons. The predicted molar refractivity (Wildman–Crippen MR) is 86.5 cm³/mol. The van der Waals surface area contributed by atoms with Gasteiger partial charge in [0.2, 0.25) is 5.91 Å². The van der Waals surface area contributed by atoms with Crippen molar-refractivity contribution in [3.05, 3.63) is 46.7 Å². The fourth-order valence-electron chi connectivity index (χ4n) is 1.73. The minimum absolute atomic E-state index is 0.0552. The summed E-state index contributed by atoms with van der Waals surface area (Å²) in [7, 11) is 0. The van der Waals surface area contributed by atoms with E-state index in [-0.39, 0.29) is 18.3 Å². The fourth-order valence-corrected chi connectivity index (χ4v) is 2.44. The van der Waals surface area contributed by atoms with Crippen LogP contribution in [0.4, 0.5) is 14.3 Å². The van der Waals surface area contributed by atoms with E-state index in [1.165, 1.54) is 23.5 Å². The number of thiazole rings is 1. The van der Waals surface area contributed by atoms with Crippen molar-refractivity contribution in [3.8, 4) is 0 Å². The Balaban J connectivity index is 1.79. The van der Waals surface area contributed by atoms with Crippen LogP contribution in [0.25, 0.3) is 0 Å². The lowest BCUT2D eigenvalue weighted by atomic mass is 10.2. The first kappa shape index (κ1) is 16.9. The molecule has 0 fully saturated rings. The fraction of sp³-hybridized carbons (Fsp3) is 0.267. The second-order valence-corrected chi connectivity index (χ2v) is 5.57. The smallest absolute Gasteiger partial charge is 0.321 e. The Kier molecular flexibility index (Phi) is 6.04. The average Bonchev–Trinajstić information content (AvgIpc) is 2.98. The van der Waals surface area contributed by atoms with E-state index in [1.54, 1.807) is 24.4 Å². The minimum atomic E-state index is -0.423. The highest BCUT2D eigenvalue weighted by Gasteiger charge is 2.07. The van der Waals surface area contributed by atoms with Crippen LogP contribution in [0, 0.1) is 5.82 Å². The van der Waals surface area contributed by atoms with E-state index in [0.29, 0.717) is 29.4 Å². The Morgan fingerprint density at radius 2 is 2.09 bits per heavy atom. The van der Waals surface area contributed by atoms with Crippen molar-refractivity contribution < 1.29 is 14.0 Å². The van der Waals surface area contributed by atoms with Gasteiger partial charge in [-0.15, -0.1) is 11.3 Å². The number of anilines is 1. The van der Waals surface area contributed by atoms with Gasteiger partial charge in [-0.1, -0.05) is 19.1 Å². The molecule has 0 atom stereocenters. The molecule has 0 unspecified atom stereocenters. The number of carbonyl (C=O) groups is 2. The van der Waals surface area contributed by atoms with Gasteiger partial charge >= 0.3 is 6.03 Å². The number of benzene rings is 1. The van der Waals surface area contributed by atoms with Crippen LogP contribution in [0.2, 0.25) is 0 Å². The third-order valence-electron chi connectivity index (χ3n) is 2.90. The summed E-state index contributed by atoms with van der Waals surface area (Å²) in [5.74, 6) is -0.399. The van der Waals surface area contributed by atoms with Gasteiger partial charge in [0.15, 0.2) is 5.13 Å². The van der Waals surface area contributed by atoms with E-state index in [0.717, 1.165) is 0 Å². The highest BCUT2D eigenvalue weighted by atomic mass is 32.1. The Bertz CT molecular complexity index is 690. The monoisotopic (exact) mass is 336 g/mol. The molecule has 6 nitrogen and oxygen atoms in total. The molecule has 0 saturated heterocycles. The first-order valence-corrected chi connectivity index (χ1v) is 7.95. The largest absolute Gasteiger partial charge is 0.350 e. The maximum atomic E-state index is 13.0. The van der Waals surface area contributed by atoms with Gasteiger partial charge in [0.1, 0.15) is 5.82 Å². The zero-order chi connectivity index (χ0) is 16.7. The normalized spacial score (nSPS) is 10.2. The van der Waals surface area contributed by atoms with Crippen LogP contribution in [0.5, 0.6) is 0 Å². The number of carbonyl (C=O) groups excluding carboxylic acids is 2. The van der Waals surface area contributed by atoms with Crippen molar-refractivity contribution in [2.24, 2.45) is 0 Å². The molecule has 2 aromatic rings. The number of aromatic nitrogens is 1. The number of amides is 3. The Morgan fingerprint density at radius 1 is 1.26 bits per heavy atom. The van der Waals surface area contributed by atoms with Gasteiger partial charge in [-0.25, -0.2) is 14.2 Å². The summed E-state index contributed by atoms with van der Waals surface area (Å²) in [6, 6.07) is 5.59. The molecule has 0 aliphatic heterocycles. The maximum Gasteiger partial charge on any atom is 0.321 e. The van der Waals surface area contributed by atoms with Gasteiger partial charge in [-0.2, -0.15) is 0 Å². The lowest BCUT2D eigenvalue weighted by Gasteiger charge is -2.05. The van der Waals surface area contributed by atoms with Crippen LogP contribution < -0.4 is 16.0 Å². The number of hydrogen-bond acceptors (Lipinski definition) is 4. The molecule has 1 aromatic carbocycles. The van der Waals surface area contributed by atoms with Crippen LogP contribution in [0.1, 0.15) is 24.6 Å². The average molecular weight is 336 g/mol. The molecule has 0 spiro atoms. The van der Waals surface area contributed by atoms with Crippen molar-refractivity contribution >= 4 is 28.4 Å². The minimum Gasteiger partial charge on any atom is -0.350 e. The summed E-state index contributed by atoms with van der Waals surface area (Å²) in [5.41, 5.74) is 1.35. The molecule has 1 aromatic heterocycles. The van der Waals surface area contributed by atoms with Gasteiger partial charge in [-0.3, -0.25) is 10.1 Å². The number of urea groups is 1. The Hall–Kier alpha value is -2.48. The van der Waals surface area contributed by atoms with Crippen LogP contribution in [0.15, 0.2) is 29.6 Å². The van der Waals surface area contributed by atoms with Crippen molar-refractivity contribution in [2.75, 3.05) is 5.32 Å². The van der Waals surface area contributed by atoms with Gasteiger partial charge in [0.25, 0.3) is 0 Å². The van der Waals surface area contributed by atoms with Gasteiger partial charge in [-0.05, 0) is 17.7 Å². The molecule has 3 amide bonds. The Labute approximate surface area is 137 Å². The molecule has 0 aliphatic carbocycles. The van der Waals surface area contributed by atoms with Gasteiger partial charge < -0.3 is 10.6 Å². The number of nitrogens with zero attached hydrogens (tertiary/aromatic N) is 1. The van der Waals surface area contributed by atoms with Crippen LogP contribution in [-0.2, 0) is 17.9 Å². The van der Waals surface area contributed by atoms with E-state index >= 15 is 0 Å². The highest BCUT2D eigenvalue weighted by Crippen LogP contribution is 2.15. The highest BCUT2D eigenvalue weighted by molar-refractivity contribution is 7.13. The quantitative estimate of drug-likeness (QED) is 0.758. The lowest BCUT2D eigenvalue weighted by Crippen LogP contribution is -2.28. The van der Waals surface area contributed by atoms with Gasteiger partial charge in [0, 0.05) is 18.3 Å². The summed E-state index contributed by atoms with van der Waals surface area (Å²) in [4.78, 5) is 27.1. The molecule has 0 aliphatic rings. The topological polar surface area (TPSA) is 83.1 Å². The lowest BCUT2D eigenvalue weighted by molar-refractivity contribution is -0.120. The van der Waals surface area contributed by atoms with E-state index in [4.69, 9.17) is 0 Å². The zero-order valence-electron chi connectivity index (χ0n) is 12.6. The molecule has 23 heavy (non-hydrogen) atoms. The van der Waals surface area contributed by atoms with E-state index in [2.05, 4.69) is 20.9 Å². The summed E-state index contributed by atoms with van der Waals surface area (Å²) in [6.07, 6.45) is 0.414. The predicted octanol–water partition coefficient (Wildman–Crippen LogP) is 2.63. The van der Waals surface area contributed by atoms with Crippen molar-refractivity contribution in [1.82, 2.24) is 15.6 Å². The molecule has 2 rings (SSSR count). The molecule has 1 heterocycles. The zero-order valence-corrected chi connectivity index (χ0v) is 13.4. The third kappa shape index (κ3) is 5.67. The van der Waals surface area contributed by atoms with E-state index in [1.807, 2.05) is 0 Å². The van der Waals surface area contributed by atoms with E-state index < -0.39 is 6.03 Å². The second kappa shape index (κ2) is 8.23. The molecular formula is C15H17FN4O2S. The number of halogens is 1. The van der Waals surface area contributed by atoms with Crippen molar-refractivity contribution in [3.63, 3.8) is 0 Å². The molecule has 122 valence electrons. The van der Waals surface area contributed by atoms with Crippen LogP contribution in [0.3, 0.4) is 0 Å². The first-order chi connectivity index (χ1) is 11.1. The third-order valence-corrected chi connectivity index (χ3v) is 3.71. The van der Waals surface area contributed by atoms with Crippen LogP contribution in [-0.4, -0.2) is 16.9 Å². The maximum absolute atomic E-state index is 13.0. The summed E-state index contributed by atoms with van der Waals surface area (Å²) in [5, 5.41) is 10.1. The molecular weight excluding hydrogens is 319 g/mol. The summed E-state index contributed by atoms with van der Waals surface area (Å²) >= 11 is 1.27. The number of hydrogen-bond donors (Lipinski definition) is 3. The standard InChI is InChI=1S/C15H17FN4O2S/c1-2-13(21)17-8-12-9-23-15(19-12)20-14(22)18-7-10-4-3-5-11(16)6-10/h3-6,9H,2,7-8H2,1H3,(H,17,21)(H2,18,19,20,22). The molecule has 3 N–H and O–H groups in total. The summed E-state index contributed by atoms with van der Waals surface area (Å²) < 4.78 is 13.0. The van der Waals surface area contributed by atoms with Crippen molar-refractivity contribution in [2.45, 2.75) is 26.4 Å². The first-order valence-electron chi connectivity index (χ1n) is 7.07. The number of rotatable bonds is 6. The second-order valence-electron chi connectivity index (χ2n) is 4.71. The van der Waals surface area contributed by atoms with Crippen molar-refractivity contribution in [1.29, 1.82) is 0 Å². The SMILES string of the molecule is CCC(=O)NCc1csc(NC(=O)NCc2cccc(F)c2)n1. The Morgan fingerprint density at radius 3 is 2.83 bits per heavy atom. The molecule has 8 heteroatoms. The van der Waals surface area contributed by atoms with E-state index in [9.17, 15) is 14.0 Å². The molecule has 0 bridgehead atoms. The molecule has 0 saturated carbocycles.